The largest absolute Gasteiger partial charge is 0.487 e. The molecule has 0 saturated heterocycles. The number of nitro groups is 1. The van der Waals surface area contributed by atoms with Gasteiger partial charge in [0.05, 0.1) is 23.3 Å². The summed E-state index contributed by atoms with van der Waals surface area (Å²) >= 11 is 5.63. The van der Waals surface area contributed by atoms with Gasteiger partial charge in [0.2, 0.25) is 5.75 Å². The van der Waals surface area contributed by atoms with E-state index in [4.69, 9.17) is 20.8 Å². The van der Waals surface area contributed by atoms with Crippen LogP contribution in [0.15, 0.2) is 28.8 Å². The minimum atomic E-state index is -0.482. The molecule has 0 fully saturated rings. The highest BCUT2D eigenvalue weighted by Crippen LogP contribution is 2.38. The normalized spacial score (nSPS) is 10.5. The molecular formula is C13H13ClN2O4. The van der Waals surface area contributed by atoms with E-state index in [1.54, 1.807) is 19.1 Å². The lowest BCUT2D eigenvalue weighted by molar-refractivity contribution is -0.385. The molecule has 0 aliphatic heterocycles. The number of alkyl halides is 1. The molecule has 2 rings (SSSR count). The van der Waals surface area contributed by atoms with Crippen LogP contribution in [-0.2, 0) is 6.42 Å². The van der Waals surface area contributed by atoms with Crippen LogP contribution in [0.3, 0.4) is 0 Å². The average molecular weight is 297 g/mol. The molecule has 1 aromatic heterocycles. The molecule has 0 radical (unpaired) electrons. The Kier molecular flexibility index (Phi) is 4.57. The molecule has 7 heteroatoms. The van der Waals surface area contributed by atoms with Crippen molar-refractivity contribution < 1.29 is 14.1 Å². The molecule has 106 valence electrons. The van der Waals surface area contributed by atoms with E-state index in [1.165, 1.54) is 12.3 Å². The Morgan fingerprint density at radius 3 is 2.95 bits per heavy atom. The maximum Gasteiger partial charge on any atom is 0.311 e. The summed E-state index contributed by atoms with van der Waals surface area (Å²) in [5, 5.41) is 11.0. The summed E-state index contributed by atoms with van der Waals surface area (Å²) in [6.07, 6.45) is 2.02. The molecule has 0 saturated carbocycles. The van der Waals surface area contributed by atoms with Crippen molar-refractivity contribution in [1.82, 2.24) is 4.98 Å². The zero-order chi connectivity index (χ0) is 14.5. The Morgan fingerprint density at radius 2 is 2.30 bits per heavy atom. The molecule has 0 atom stereocenters. The molecule has 1 aromatic carbocycles. The first-order valence-corrected chi connectivity index (χ1v) is 6.62. The fraction of sp³-hybridized carbons (Fsp3) is 0.308. The van der Waals surface area contributed by atoms with Crippen LogP contribution < -0.4 is 4.74 Å². The molecule has 0 amide bonds. The molecule has 0 aliphatic carbocycles. The maximum atomic E-state index is 11.0. The predicted molar refractivity (Wildman–Crippen MR) is 74.2 cm³/mol. The summed E-state index contributed by atoms with van der Waals surface area (Å²) in [7, 11) is 0. The van der Waals surface area contributed by atoms with E-state index in [-0.39, 0.29) is 11.4 Å². The molecule has 6 nitrogen and oxygen atoms in total. The zero-order valence-corrected chi connectivity index (χ0v) is 11.6. The van der Waals surface area contributed by atoms with Gasteiger partial charge in [0, 0.05) is 18.4 Å². The quantitative estimate of drug-likeness (QED) is 0.463. The number of oxazole rings is 1. The maximum absolute atomic E-state index is 11.0. The number of aromatic nitrogens is 1. The first-order valence-electron chi connectivity index (χ1n) is 6.08. The van der Waals surface area contributed by atoms with Crippen molar-refractivity contribution in [2.24, 2.45) is 0 Å². The summed E-state index contributed by atoms with van der Waals surface area (Å²) in [6.45, 7) is 2.08. The van der Waals surface area contributed by atoms with Gasteiger partial charge in [0.15, 0.2) is 11.7 Å². The van der Waals surface area contributed by atoms with Gasteiger partial charge >= 0.3 is 5.69 Å². The van der Waals surface area contributed by atoms with Crippen LogP contribution in [-0.4, -0.2) is 22.4 Å². The number of hydrogen-bond donors (Lipinski definition) is 0. The predicted octanol–water partition coefficient (Wildman–Crippen LogP) is 3.43. The summed E-state index contributed by atoms with van der Waals surface area (Å²) in [4.78, 5) is 14.6. The molecule has 1 heterocycles. The van der Waals surface area contributed by atoms with Crippen molar-refractivity contribution in [3.05, 3.63) is 40.4 Å². The number of nitro benzene ring substituents is 1. The third-order valence-corrected chi connectivity index (χ3v) is 2.80. The second-order valence-electron chi connectivity index (χ2n) is 3.90. The van der Waals surface area contributed by atoms with E-state index in [0.717, 1.165) is 0 Å². The Bertz CT molecular complexity index is 612. The van der Waals surface area contributed by atoms with Gasteiger partial charge in [-0.05, 0) is 13.0 Å². The van der Waals surface area contributed by atoms with Gasteiger partial charge < -0.3 is 9.15 Å². The summed E-state index contributed by atoms with van der Waals surface area (Å²) in [5.41, 5.74) is 0.411. The van der Waals surface area contributed by atoms with Crippen molar-refractivity contribution in [3.8, 4) is 17.1 Å². The molecule has 0 spiro atoms. The van der Waals surface area contributed by atoms with Crippen LogP contribution in [0.2, 0.25) is 0 Å². The summed E-state index contributed by atoms with van der Waals surface area (Å²) in [5.74, 6) is 1.50. The number of hydrogen-bond acceptors (Lipinski definition) is 5. The third kappa shape index (κ3) is 2.91. The van der Waals surface area contributed by atoms with E-state index in [2.05, 4.69) is 4.98 Å². The van der Waals surface area contributed by atoms with Crippen molar-refractivity contribution in [2.45, 2.75) is 13.3 Å². The van der Waals surface area contributed by atoms with Crippen LogP contribution >= 0.6 is 11.6 Å². The average Bonchev–Trinajstić information content (AvgIpc) is 2.88. The summed E-state index contributed by atoms with van der Waals surface area (Å²) in [6, 6.07) is 4.67. The highest BCUT2D eigenvalue weighted by molar-refractivity contribution is 6.17. The van der Waals surface area contributed by atoms with E-state index < -0.39 is 4.92 Å². The third-order valence-electron chi connectivity index (χ3n) is 2.61. The van der Waals surface area contributed by atoms with Crippen molar-refractivity contribution in [2.75, 3.05) is 12.5 Å². The lowest BCUT2D eigenvalue weighted by Gasteiger charge is -2.08. The molecule has 0 unspecified atom stereocenters. The van der Waals surface area contributed by atoms with Gasteiger partial charge in [-0.15, -0.1) is 11.6 Å². The van der Waals surface area contributed by atoms with E-state index in [9.17, 15) is 10.1 Å². The fourth-order valence-electron chi connectivity index (χ4n) is 1.79. The number of aryl methyl sites for hydroxylation is 1. The Labute approximate surface area is 120 Å². The van der Waals surface area contributed by atoms with Crippen LogP contribution in [0, 0.1) is 10.1 Å². The van der Waals surface area contributed by atoms with E-state index >= 15 is 0 Å². The van der Waals surface area contributed by atoms with Crippen molar-refractivity contribution in [1.29, 1.82) is 0 Å². The number of nitrogens with zero attached hydrogens (tertiary/aromatic N) is 2. The van der Waals surface area contributed by atoms with Crippen LogP contribution in [0.25, 0.3) is 11.3 Å². The number of benzene rings is 1. The molecule has 0 bridgehead atoms. The van der Waals surface area contributed by atoms with Gasteiger partial charge in [-0.1, -0.05) is 6.07 Å². The Balaban J connectivity index is 2.48. The van der Waals surface area contributed by atoms with Crippen molar-refractivity contribution >= 4 is 17.3 Å². The zero-order valence-electron chi connectivity index (χ0n) is 10.8. The first kappa shape index (κ1) is 14.3. The second kappa shape index (κ2) is 6.38. The molecule has 2 aromatic rings. The SMILES string of the molecule is CCOc1c(-c2cnc(CCCl)o2)cccc1[N+](=O)[O-]. The first-order chi connectivity index (χ1) is 9.67. The van der Waals surface area contributed by atoms with Gasteiger partial charge in [-0.3, -0.25) is 10.1 Å². The smallest absolute Gasteiger partial charge is 0.311 e. The molecule has 0 aliphatic rings. The minimum absolute atomic E-state index is 0.0976. The van der Waals surface area contributed by atoms with Crippen molar-refractivity contribution in [3.63, 3.8) is 0 Å². The molecule has 0 N–H and O–H groups in total. The standard InChI is InChI=1S/C13H13ClN2O4/c1-2-19-13-9(4-3-5-10(13)16(17)18)11-8-15-12(20-11)6-7-14/h3-5,8H,2,6-7H2,1H3. The molecule has 20 heavy (non-hydrogen) atoms. The molecular weight excluding hydrogens is 284 g/mol. The Morgan fingerprint density at radius 1 is 1.50 bits per heavy atom. The van der Waals surface area contributed by atoms with Crippen LogP contribution in [0.5, 0.6) is 5.75 Å². The second-order valence-corrected chi connectivity index (χ2v) is 4.28. The lowest BCUT2D eigenvalue weighted by Crippen LogP contribution is -1.99. The minimum Gasteiger partial charge on any atom is -0.487 e. The monoisotopic (exact) mass is 296 g/mol. The van der Waals surface area contributed by atoms with Gasteiger partial charge in [0.1, 0.15) is 0 Å². The highest BCUT2D eigenvalue weighted by atomic mass is 35.5. The number of halogens is 1. The van der Waals surface area contributed by atoms with Gasteiger partial charge in [-0.25, -0.2) is 4.98 Å². The number of para-hydroxylation sites is 1. The number of rotatable bonds is 6. The van der Waals surface area contributed by atoms with Gasteiger partial charge in [0.25, 0.3) is 0 Å². The van der Waals surface area contributed by atoms with E-state index in [0.29, 0.717) is 36.1 Å². The fourth-order valence-corrected chi connectivity index (χ4v) is 1.95. The van der Waals surface area contributed by atoms with Crippen LogP contribution in [0.1, 0.15) is 12.8 Å². The topological polar surface area (TPSA) is 78.4 Å². The number of ether oxygens (including phenoxy) is 1. The van der Waals surface area contributed by atoms with Crippen LogP contribution in [0.4, 0.5) is 5.69 Å². The lowest BCUT2D eigenvalue weighted by atomic mass is 10.1. The van der Waals surface area contributed by atoms with Gasteiger partial charge in [-0.2, -0.15) is 0 Å². The van der Waals surface area contributed by atoms with E-state index in [1.807, 2.05) is 0 Å². The Hall–Kier alpha value is -2.08. The highest BCUT2D eigenvalue weighted by Gasteiger charge is 2.21. The summed E-state index contributed by atoms with van der Waals surface area (Å²) < 4.78 is 10.9.